The van der Waals surface area contributed by atoms with E-state index in [1.54, 1.807) is 35.1 Å². The summed E-state index contributed by atoms with van der Waals surface area (Å²) in [5, 5.41) is 11.2. The largest absolute Gasteiger partial charge is 0.351 e. The molecule has 0 bridgehead atoms. The van der Waals surface area contributed by atoms with Crippen LogP contribution >= 0.6 is 11.6 Å². The lowest BCUT2D eigenvalue weighted by atomic mass is 9.90. The van der Waals surface area contributed by atoms with E-state index in [1.807, 2.05) is 78.9 Å². The zero-order valence-electron chi connectivity index (χ0n) is 26.9. The fourth-order valence-corrected chi connectivity index (χ4v) is 7.29. The molecule has 0 aliphatic heterocycles. The van der Waals surface area contributed by atoms with Crippen molar-refractivity contribution in [3.63, 3.8) is 0 Å². The van der Waals surface area contributed by atoms with Crippen molar-refractivity contribution in [2.24, 2.45) is 7.05 Å². The second kappa shape index (κ2) is 14.6. The highest BCUT2D eigenvalue weighted by Crippen LogP contribution is 2.31. The normalized spacial score (nSPS) is 16.3. The van der Waals surface area contributed by atoms with Crippen molar-refractivity contribution in [3.05, 3.63) is 119 Å². The first-order valence-corrected chi connectivity index (χ1v) is 18.2. The summed E-state index contributed by atoms with van der Waals surface area (Å²) in [5.74, 6) is 0.443. The van der Waals surface area contributed by atoms with Crippen LogP contribution in [0.2, 0.25) is 5.02 Å². The number of aryl methyl sites for hydroxylation is 1. The predicted molar refractivity (Wildman–Crippen MR) is 189 cm³/mol. The molecule has 48 heavy (non-hydrogen) atoms. The number of aromatic nitrogens is 4. The van der Waals surface area contributed by atoms with Crippen LogP contribution < -0.4 is 15.5 Å². The Balaban J connectivity index is 1.15. The summed E-state index contributed by atoms with van der Waals surface area (Å²) in [6, 6.07) is 24.8. The van der Waals surface area contributed by atoms with Crippen LogP contribution in [-0.4, -0.2) is 52.5 Å². The molecular weight excluding hydrogens is 646 g/mol. The van der Waals surface area contributed by atoms with Crippen molar-refractivity contribution in [2.75, 3.05) is 16.5 Å². The number of carbonyl (C=O) groups is 1. The third-order valence-electron chi connectivity index (χ3n) is 8.63. The van der Waals surface area contributed by atoms with Gasteiger partial charge in [-0.1, -0.05) is 72.3 Å². The zero-order chi connectivity index (χ0) is 33.7. The minimum atomic E-state index is -3.41. The van der Waals surface area contributed by atoms with Gasteiger partial charge in [0.15, 0.2) is 9.84 Å². The van der Waals surface area contributed by atoms with Crippen molar-refractivity contribution in [3.8, 4) is 11.1 Å². The van der Waals surface area contributed by atoms with Crippen LogP contribution in [0.1, 0.15) is 42.5 Å². The van der Waals surface area contributed by atoms with E-state index in [-0.39, 0.29) is 29.4 Å². The van der Waals surface area contributed by atoms with Gasteiger partial charge in [0, 0.05) is 55.8 Å². The van der Waals surface area contributed by atoms with Gasteiger partial charge < -0.3 is 10.6 Å². The van der Waals surface area contributed by atoms with E-state index in [2.05, 4.69) is 25.7 Å². The average Bonchev–Trinajstić information content (AvgIpc) is 3.53. The minimum absolute atomic E-state index is 0.00254. The number of urea groups is 1. The Morgan fingerprint density at radius 2 is 1.65 bits per heavy atom. The van der Waals surface area contributed by atoms with Crippen LogP contribution in [0.25, 0.3) is 11.1 Å². The summed E-state index contributed by atoms with van der Waals surface area (Å²) >= 11 is 6.46. The summed E-state index contributed by atoms with van der Waals surface area (Å²) < 4.78 is 26.4. The Morgan fingerprint density at radius 1 is 0.938 bits per heavy atom. The number of carbonyl (C=O) groups excluding carboxylic acids is 1. The molecule has 3 aromatic carbocycles. The monoisotopic (exact) mass is 683 g/mol. The number of hydrogen-bond donors (Lipinski definition) is 2. The molecule has 0 saturated heterocycles. The molecule has 0 unspecified atom stereocenters. The smallest absolute Gasteiger partial charge is 0.322 e. The highest BCUT2D eigenvalue weighted by atomic mass is 35.5. The zero-order valence-corrected chi connectivity index (χ0v) is 28.5. The molecule has 0 spiro atoms. The summed E-state index contributed by atoms with van der Waals surface area (Å²) in [4.78, 5) is 25.0. The lowest BCUT2D eigenvalue weighted by molar-refractivity contribution is 0.240. The van der Waals surface area contributed by atoms with Gasteiger partial charge >= 0.3 is 6.03 Å². The molecule has 2 N–H and O–H groups in total. The minimum Gasteiger partial charge on any atom is -0.351 e. The summed E-state index contributed by atoms with van der Waals surface area (Å²) in [5.41, 5.74) is 5.10. The number of benzene rings is 3. The first-order valence-electron chi connectivity index (χ1n) is 15.9. The molecule has 0 atom stereocenters. The van der Waals surface area contributed by atoms with Gasteiger partial charge in [-0.25, -0.2) is 23.2 Å². The van der Waals surface area contributed by atoms with Gasteiger partial charge in [0.2, 0.25) is 5.95 Å². The van der Waals surface area contributed by atoms with Gasteiger partial charge in [-0.15, -0.1) is 0 Å². The van der Waals surface area contributed by atoms with Crippen molar-refractivity contribution >= 4 is 39.1 Å². The maximum Gasteiger partial charge on any atom is 0.322 e. The molecule has 1 fully saturated rings. The van der Waals surface area contributed by atoms with Crippen molar-refractivity contribution in [1.82, 2.24) is 25.1 Å². The molecule has 6 rings (SSSR count). The molecule has 12 heteroatoms. The standard InChI is InChI=1S/C36H38ClN7O3S/c1-43-24-28(22-40-43)26-12-16-30(17-13-26)44(36(45)39-21-25-8-4-3-5-9-25)31-18-14-29(15-19-31)41-35-38-23-32(37)33(42-35)20-27-10-6-7-11-34(27)48(2,46)47/h3-13,16-17,22-24,29,31H,14-15,18-21H2,1-2H3,(H,39,45)(H,38,41,42)/t29-,31-. The van der Waals surface area contributed by atoms with Crippen LogP contribution in [-0.2, 0) is 29.9 Å². The number of nitrogens with one attached hydrogen (secondary N) is 2. The number of hydrogen-bond acceptors (Lipinski definition) is 7. The molecule has 1 aliphatic rings. The summed E-state index contributed by atoms with van der Waals surface area (Å²) in [6.45, 7) is 0.436. The molecule has 2 aromatic heterocycles. The molecule has 0 radical (unpaired) electrons. The van der Waals surface area contributed by atoms with Crippen LogP contribution in [0.5, 0.6) is 0 Å². The van der Waals surface area contributed by atoms with Crippen LogP contribution in [0.15, 0.2) is 102 Å². The lowest BCUT2D eigenvalue weighted by Crippen LogP contribution is -2.48. The quantitative estimate of drug-likeness (QED) is 0.169. The SMILES string of the molecule is Cn1cc(-c2ccc(N(C(=O)NCc3ccccc3)[C@H]3CC[C@H](Nc4ncc(Cl)c(Cc5ccccc5S(C)(=O)=O)n4)CC3)cc2)cn1. The summed E-state index contributed by atoms with van der Waals surface area (Å²) in [6.07, 6.45) is 9.98. The van der Waals surface area contributed by atoms with Crippen LogP contribution in [0.3, 0.4) is 0 Å². The molecule has 1 aliphatic carbocycles. The number of nitrogens with zero attached hydrogens (tertiary/aromatic N) is 5. The maximum atomic E-state index is 13.8. The average molecular weight is 684 g/mol. The number of rotatable bonds is 10. The van der Waals surface area contributed by atoms with Gasteiger partial charge in [-0.2, -0.15) is 5.10 Å². The van der Waals surface area contributed by atoms with Gasteiger partial charge in [0.05, 0.1) is 28.0 Å². The van der Waals surface area contributed by atoms with Gasteiger partial charge in [-0.05, 0) is 60.6 Å². The fourth-order valence-electron chi connectivity index (χ4n) is 6.19. The molecule has 5 aromatic rings. The fraction of sp³-hybridized carbons (Fsp3) is 0.278. The molecule has 2 amide bonds. The highest BCUT2D eigenvalue weighted by molar-refractivity contribution is 7.90. The van der Waals surface area contributed by atoms with Crippen LogP contribution in [0.4, 0.5) is 16.4 Å². The van der Waals surface area contributed by atoms with E-state index in [0.29, 0.717) is 28.8 Å². The van der Waals surface area contributed by atoms with E-state index < -0.39 is 9.84 Å². The third kappa shape index (κ3) is 8.03. The van der Waals surface area contributed by atoms with E-state index in [4.69, 9.17) is 11.6 Å². The topological polar surface area (TPSA) is 122 Å². The van der Waals surface area contributed by atoms with E-state index in [1.165, 1.54) is 6.26 Å². The van der Waals surface area contributed by atoms with Gasteiger partial charge in [0.25, 0.3) is 0 Å². The molecular formula is C36H38ClN7O3S. The molecule has 1 saturated carbocycles. The number of anilines is 2. The second-order valence-electron chi connectivity index (χ2n) is 12.2. The Kier molecular flexibility index (Phi) is 10.1. The third-order valence-corrected chi connectivity index (χ3v) is 10.1. The molecule has 248 valence electrons. The highest BCUT2D eigenvalue weighted by Gasteiger charge is 2.30. The Hall–Kier alpha value is -4.74. The van der Waals surface area contributed by atoms with E-state index in [9.17, 15) is 13.2 Å². The Bertz CT molecular complexity index is 1980. The lowest BCUT2D eigenvalue weighted by Gasteiger charge is -2.37. The Labute approximate surface area is 286 Å². The van der Waals surface area contributed by atoms with Crippen molar-refractivity contribution in [1.29, 1.82) is 0 Å². The van der Waals surface area contributed by atoms with Crippen molar-refractivity contribution < 1.29 is 13.2 Å². The first kappa shape index (κ1) is 33.2. The van der Waals surface area contributed by atoms with Gasteiger partial charge in [-0.3, -0.25) is 9.58 Å². The van der Waals surface area contributed by atoms with E-state index >= 15 is 0 Å². The van der Waals surface area contributed by atoms with E-state index in [0.717, 1.165) is 48.1 Å². The molecule has 2 heterocycles. The number of halogens is 1. The number of sulfone groups is 1. The second-order valence-corrected chi connectivity index (χ2v) is 14.5. The molecule has 10 nitrogen and oxygen atoms in total. The predicted octanol–water partition coefficient (Wildman–Crippen LogP) is 6.66. The maximum absolute atomic E-state index is 13.8. The number of amides is 2. The first-order chi connectivity index (χ1) is 23.1. The van der Waals surface area contributed by atoms with Crippen molar-refractivity contribution in [2.45, 2.75) is 55.6 Å². The van der Waals surface area contributed by atoms with Crippen LogP contribution in [0, 0.1) is 0 Å². The Morgan fingerprint density at radius 3 is 2.33 bits per heavy atom. The van der Waals surface area contributed by atoms with Gasteiger partial charge in [0.1, 0.15) is 0 Å². The summed E-state index contributed by atoms with van der Waals surface area (Å²) in [7, 11) is -1.52.